The zero-order valence-corrected chi connectivity index (χ0v) is 19.5. The smallest absolute Gasteiger partial charge is 0.264 e. The first-order valence-corrected chi connectivity index (χ1v) is 11.6. The number of sulfonamides is 1. The molecule has 0 unspecified atom stereocenters. The summed E-state index contributed by atoms with van der Waals surface area (Å²) in [5.74, 6) is -0.561. The van der Waals surface area contributed by atoms with Crippen LogP contribution in [0.5, 0.6) is 11.5 Å². The number of nitrogens with zero attached hydrogens (tertiary/aromatic N) is 2. The summed E-state index contributed by atoms with van der Waals surface area (Å²) in [6, 6.07) is 17.3. The third-order valence-electron chi connectivity index (χ3n) is 4.69. The van der Waals surface area contributed by atoms with Crippen LogP contribution in [0.25, 0.3) is 0 Å². The van der Waals surface area contributed by atoms with E-state index in [1.165, 1.54) is 25.5 Å². The Morgan fingerprint density at radius 1 is 1.15 bits per heavy atom. The Hall–Kier alpha value is -3.56. The van der Waals surface area contributed by atoms with Crippen LogP contribution in [0.15, 0.2) is 76.7 Å². The van der Waals surface area contributed by atoms with Gasteiger partial charge in [0.25, 0.3) is 15.9 Å². The fraction of sp³-hybridized carbons (Fsp3) is 0.130. The normalized spacial score (nSPS) is 11.4. The Morgan fingerprint density at radius 3 is 2.55 bits per heavy atom. The number of halogens is 1. The summed E-state index contributed by atoms with van der Waals surface area (Å²) in [6.07, 6.45) is 1.24. The first kappa shape index (κ1) is 24.1. The maximum Gasteiger partial charge on any atom is 0.264 e. The van der Waals surface area contributed by atoms with Crippen LogP contribution in [0.4, 0.5) is 5.69 Å². The van der Waals surface area contributed by atoms with Crippen molar-refractivity contribution in [1.82, 2.24) is 5.43 Å². The number of phenolic OH excluding ortho intramolecular Hbond substituents is 1. The lowest BCUT2D eigenvalue weighted by Gasteiger charge is -2.25. The van der Waals surface area contributed by atoms with Gasteiger partial charge in [0.2, 0.25) is 0 Å². The monoisotopic (exact) mass is 487 g/mol. The van der Waals surface area contributed by atoms with Crippen molar-refractivity contribution < 1.29 is 23.1 Å². The maximum absolute atomic E-state index is 13.3. The quantitative estimate of drug-likeness (QED) is 0.372. The summed E-state index contributed by atoms with van der Waals surface area (Å²) in [5, 5.41) is 14.4. The molecule has 3 rings (SSSR count). The van der Waals surface area contributed by atoms with E-state index < -0.39 is 22.5 Å². The standard InChI is InChI=1S/C23H22ClN3O5S/c1-16-13-18(24)11-12-20(16)27(33(30,31)19-8-4-3-5-9-19)15-22(28)26-25-14-17-7-6-10-21(32-2)23(17)29/h3-14,29H,15H2,1-2H3,(H,26,28)/b25-14-. The Balaban J connectivity index is 1.87. The van der Waals surface area contributed by atoms with Gasteiger partial charge < -0.3 is 9.84 Å². The third-order valence-corrected chi connectivity index (χ3v) is 6.70. The van der Waals surface area contributed by atoms with Crippen LogP contribution in [-0.4, -0.2) is 39.3 Å². The topological polar surface area (TPSA) is 108 Å². The van der Waals surface area contributed by atoms with Gasteiger partial charge in [0, 0.05) is 10.6 Å². The van der Waals surface area contributed by atoms with Gasteiger partial charge in [-0.1, -0.05) is 35.9 Å². The number of carbonyl (C=O) groups excluding carboxylic acids is 1. The van der Waals surface area contributed by atoms with Crippen molar-refractivity contribution in [3.8, 4) is 11.5 Å². The highest BCUT2D eigenvalue weighted by molar-refractivity contribution is 7.92. The highest BCUT2D eigenvalue weighted by atomic mass is 35.5. The van der Waals surface area contributed by atoms with Crippen molar-refractivity contribution >= 4 is 39.4 Å². The van der Waals surface area contributed by atoms with Crippen LogP contribution < -0.4 is 14.5 Å². The number of hydrogen-bond acceptors (Lipinski definition) is 6. The Morgan fingerprint density at radius 2 is 1.88 bits per heavy atom. The molecule has 10 heteroatoms. The molecule has 0 aromatic heterocycles. The van der Waals surface area contributed by atoms with E-state index in [4.69, 9.17) is 16.3 Å². The fourth-order valence-corrected chi connectivity index (χ4v) is 4.80. The number of aryl methyl sites for hydroxylation is 1. The molecule has 3 aromatic carbocycles. The van der Waals surface area contributed by atoms with Crippen molar-refractivity contribution in [3.05, 3.63) is 82.9 Å². The van der Waals surface area contributed by atoms with Crippen LogP contribution in [0, 0.1) is 6.92 Å². The summed E-state index contributed by atoms with van der Waals surface area (Å²) in [6.45, 7) is 1.18. The highest BCUT2D eigenvalue weighted by Gasteiger charge is 2.28. The molecule has 0 atom stereocenters. The molecule has 3 aromatic rings. The predicted octanol–water partition coefficient (Wildman–Crippen LogP) is 3.71. The van der Waals surface area contributed by atoms with Crippen LogP contribution in [0.2, 0.25) is 5.02 Å². The number of ether oxygens (including phenoxy) is 1. The molecule has 0 heterocycles. The molecule has 2 N–H and O–H groups in total. The van der Waals surface area contributed by atoms with E-state index in [1.54, 1.807) is 61.5 Å². The number of hydrogen-bond donors (Lipinski definition) is 2. The van der Waals surface area contributed by atoms with E-state index >= 15 is 0 Å². The van der Waals surface area contributed by atoms with E-state index in [1.807, 2.05) is 0 Å². The van der Waals surface area contributed by atoms with Gasteiger partial charge >= 0.3 is 0 Å². The van der Waals surface area contributed by atoms with Crippen molar-refractivity contribution in [2.75, 3.05) is 18.0 Å². The SMILES string of the molecule is COc1cccc(/C=N\NC(=O)CN(c2ccc(Cl)cc2C)S(=O)(=O)c2ccccc2)c1O. The minimum atomic E-state index is -4.06. The number of aromatic hydroxyl groups is 1. The minimum absolute atomic E-state index is 0.0388. The Labute approximate surface area is 197 Å². The molecule has 172 valence electrons. The van der Waals surface area contributed by atoms with E-state index in [2.05, 4.69) is 10.5 Å². The molecular formula is C23H22ClN3O5S. The molecule has 0 saturated carbocycles. The molecule has 8 nitrogen and oxygen atoms in total. The minimum Gasteiger partial charge on any atom is -0.504 e. The Bertz CT molecular complexity index is 1280. The van der Waals surface area contributed by atoms with E-state index in [9.17, 15) is 18.3 Å². The molecule has 0 spiro atoms. The summed E-state index contributed by atoms with van der Waals surface area (Å²) in [7, 11) is -2.64. The molecule has 0 bridgehead atoms. The van der Waals surface area contributed by atoms with Crippen LogP contribution in [0.3, 0.4) is 0 Å². The van der Waals surface area contributed by atoms with Gasteiger partial charge in [0.05, 0.1) is 23.9 Å². The second-order valence-electron chi connectivity index (χ2n) is 6.95. The zero-order chi connectivity index (χ0) is 24.0. The molecule has 0 aliphatic rings. The number of anilines is 1. The van der Waals surface area contributed by atoms with Crippen molar-refractivity contribution in [3.63, 3.8) is 0 Å². The summed E-state index contributed by atoms with van der Waals surface area (Å²) in [5.41, 5.74) is 3.51. The summed E-state index contributed by atoms with van der Waals surface area (Å²) in [4.78, 5) is 12.7. The average Bonchev–Trinajstić information content (AvgIpc) is 2.79. The number of benzene rings is 3. The molecule has 0 aliphatic carbocycles. The molecule has 1 amide bonds. The van der Waals surface area contributed by atoms with E-state index in [0.717, 1.165) is 4.31 Å². The second kappa shape index (κ2) is 10.4. The van der Waals surface area contributed by atoms with Gasteiger partial charge in [0.1, 0.15) is 6.54 Å². The lowest BCUT2D eigenvalue weighted by atomic mass is 10.2. The van der Waals surface area contributed by atoms with Gasteiger partial charge in [-0.3, -0.25) is 9.10 Å². The van der Waals surface area contributed by atoms with E-state index in [0.29, 0.717) is 21.8 Å². The lowest BCUT2D eigenvalue weighted by molar-refractivity contribution is -0.119. The van der Waals surface area contributed by atoms with Gasteiger partial charge in [-0.2, -0.15) is 5.10 Å². The van der Waals surface area contributed by atoms with E-state index in [-0.39, 0.29) is 16.4 Å². The first-order chi connectivity index (χ1) is 15.7. The average molecular weight is 488 g/mol. The number of nitrogens with one attached hydrogen (secondary N) is 1. The number of rotatable bonds is 8. The van der Waals surface area contributed by atoms with Gasteiger partial charge in [-0.15, -0.1) is 0 Å². The molecule has 0 saturated heterocycles. The van der Waals surface area contributed by atoms with Gasteiger partial charge in [0.15, 0.2) is 11.5 Å². The molecular weight excluding hydrogens is 466 g/mol. The molecule has 33 heavy (non-hydrogen) atoms. The predicted molar refractivity (Wildman–Crippen MR) is 128 cm³/mol. The number of para-hydroxylation sites is 1. The van der Waals surface area contributed by atoms with Crippen molar-refractivity contribution in [2.24, 2.45) is 5.10 Å². The first-order valence-electron chi connectivity index (χ1n) is 9.76. The number of hydrazone groups is 1. The summed E-state index contributed by atoms with van der Waals surface area (Å²) < 4.78 is 32.7. The van der Waals surface area contributed by atoms with Crippen LogP contribution in [-0.2, 0) is 14.8 Å². The molecule has 0 radical (unpaired) electrons. The lowest BCUT2D eigenvalue weighted by Crippen LogP contribution is -2.40. The maximum atomic E-state index is 13.3. The Kier molecular flexibility index (Phi) is 7.57. The number of phenols is 1. The second-order valence-corrected chi connectivity index (χ2v) is 9.25. The number of carbonyl (C=O) groups is 1. The summed E-state index contributed by atoms with van der Waals surface area (Å²) >= 11 is 6.02. The number of methoxy groups -OCH3 is 1. The largest absolute Gasteiger partial charge is 0.504 e. The van der Waals surface area contributed by atoms with Crippen molar-refractivity contribution in [1.29, 1.82) is 0 Å². The van der Waals surface area contributed by atoms with Gasteiger partial charge in [-0.25, -0.2) is 13.8 Å². The van der Waals surface area contributed by atoms with Crippen LogP contribution in [0.1, 0.15) is 11.1 Å². The molecule has 0 aliphatic heterocycles. The zero-order valence-electron chi connectivity index (χ0n) is 17.9. The molecule has 0 fully saturated rings. The third kappa shape index (κ3) is 5.63. The number of amides is 1. The van der Waals surface area contributed by atoms with Crippen molar-refractivity contribution in [2.45, 2.75) is 11.8 Å². The highest BCUT2D eigenvalue weighted by Crippen LogP contribution is 2.29. The fourth-order valence-electron chi connectivity index (χ4n) is 3.07. The van der Waals surface area contributed by atoms with Crippen LogP contribution >= 0.6 is 11.6 Å². The van der Waals surface area contributed by atoms with Gasteiger partial charge in [-0.05, 0) is 55.0 Å².